The molecular weight excluding hydrogens is 264 g/mol. The minimum atomic E-state index is -0.150. The van der Waals surface area contributed by atoms with Gasteiger partial charge in [0.2, 0.25) is 0 Å². The molecule has 0 radical (unpaired) electrons. The minimum Gasteiger partial charge on any atom is -0.488 e. The molecule has 20 heavy (non-hydrogen) atoms. The molecule has 2 aromatic carbocycles. The molecule has 2 heteroatoms. The Hall–Kier alpha value is -1.15. The summed E-state index contributed by atoms with van der Waals surface area (Å²) < 4.78 is 6.14. The average Bonchev–Trinajstić information content (AvgIpc) is 2.91. The van der Waals surface area contributed by atoms with E-state index in [0.717, 1.165) is 5.75 Å². The predicted molar refractivity (Wildman–Crippen MR) is 90.5 cm³/mol. The van der Waals surface area contributed by atoms with Gasteiger partial charge in [-0.1, -0.05) is 24.3 Å². The summed E-state index contributed by atoms with van der Waals surface area (Å²) in [6.45, 7) is 6.32. The maximum absolute atomic E-state index is 6.14. The largest absolute Gasteiger partial charge is 0.488 e. The van der Waals surface area contributed by atoms with Crippen LogP contribution in [-0.2, 0) is 0 Å². The van der Waals surface area contributed by atoms with Crippen LogP contribution < -0.4 is 4.74 Å². The van der Waals surface area contributed by atoms with Crippen molar-refractivity contribution in [2.24, 2.45) is 0 Å². The van der Waals surface area contributed by atoms with Gasteiger partial charge in [-0.3, -0.25) is 0 Å². The van der Waals surface area contributed by atoms with Crippen molar-refractivity contribution >= 4 is 21.7 Å². The minimum absolute atomic E-state index is 0.0589. The topological polar surface area (TPSA) is 9.23 Å². The Morgan fingerprint density at radius 2 is 1.55 bits per heavy atom. The van der Waals surface area contributed by atoms with Crippen molar-refractivity contribution in [2.45, 2.75) is 44.1 Å². The van der Waals surface area contributed by atoms with E-state index in [1.807, 2.05) is 0 Å². The number of thiol groups is 1. The molecular formula is C18H24OS. The van der Waals surface area contributed by atoms with Crippen molar-refractivity contribution < 1.29 is 4.74 Å². The second-order valence-corrected chi connectivity index (χ2v) is 8.99. The molecule has 0 saturated carbocycles. The van der Waals surface area contributed by atoms with E-state index in [1.54, 1.807) is 4.90 Å². The molecule has 0 spiro atoms. The lowest BCUT2D eigenvalue weighted by Gasteiger charge is -2.24. The van der Waals surface area contributed by atoms with E-state index in [9.17, 15) is 0 Å². The quantitative estimate of drug-likeness (QED) is 0.750. The van der Waals surface area contributed by atoms with E-state index in [0.29, 0.717) is 0 Å². The fourth-order valence-corrected chi connectivity index (χ4v) is 5.65. The van der Waals surface area contributed by atoms with E-state index in [1.165, 1.54) is 35.1 Å². The lowest BCUT2D eigenvalue weighted by atomic mass is 10.1. The van der Waals surface area contributed by atoms with E-state index < -0.39 is 0 Å². The SMILES string of the molecule is CC(C)(C)Oc1ccc([SH]2CCCC2)c2ccccc12. The maximum Gasteiger partial charge on any atom is 0.127 e. The van der Waals surface area contributed by atoms with Crippen molar-refractivity contribution in [3.8, 4) is 5.75 Å². The van der Waals surface area contributed by atoms with Gasteiger partial charge < -0.3 is 4.74 Å². The highest BCUT2D eigenvalue weighted by Crippen LogP contribution is 2.47. The molecule has 2 aromatic rings. The molecule has 108 valence electrons. The molecule has 0 atom stereocenters. The van der Waals surface area contributed by atoms with Crippen molar-refractivity contribution in [2.75, 3.05) is 11.5 Å². The second-order valence-electron chi connectivity index (χ2n) is 6.54. The molecule has 3 rings (SSSR count). The Bertz CT molecular complexity index is 606. The number of ether oxygens (including phenoxy) is 1. The summed E-state index contributed by atoms with van der Waals surface area (Å²) in [7, 11) is 0.0589. The van der Waals surface area contributed by atoms with Crippen LogP contribution in [0.5, 0.6) is 5.75 Å². The van der Waals surface area contributed by atoms with Gasteiger partial charge in [0.1, 0.15) is 11.4 Å². The number of fused-ring (bicyclic) bond motifs is 1. The van der Waals surface area contributed by atoms with Crippen molar-refractivity contribution in [1.29, 1.82) is 0 Å². The van der Waals surface area contributed by atoms with E-state index in [4.69, 9.17) is 4.74 Å². The standard InChI is InChI=1S/C18H24OS/c1-18(2,3)19-16-10-11-17(20-12-6-7-13-20)15-9-5-4-8-14(15)16/h4-5,8-11,20H,6-7,12-13H2,1-3H3. The van der Waals surface area contributed by atoms with Crippen LogP contribution in [0.3, 0.4) is 0 Å². The van der Waals surface area contributed by atoms with Crippen LogP contribution >= 0.6 is 10.9 Å². The zero-order valence-electron chi connectivity index (χ0n) is 12.6. The average molecular weight is 288 g/mol. The summed E-state index contributed by atoms with van der Waals surface area (Å²) >= 11 is 0. The van der Waals surface area contributed by atoms with Gasteiger partial charge in [-0.25, -0.2) is 10.9 Å². The Labute approximate surface area is 124 Å². The molecule has 1 nitrogen and oxygen atoms in total. The van der Waals surface area contributed by atoms with Gasteiger partial charge in [-0.05, 0) is 67.5 Å². The van der Waals surface area contributed by atoms with Crippen molar-refractivity contribution in [1.82, 2.24) is 0 Å². The van der Waals surface area contributed by atoms with E-state index in [-0.39, 0.29) is 16.5 Å². The molecule has 0 unspecified atom stereocenters. The first-order valence-electron chi connectivity index (χ1n) is 7.50. The van der Waals surface area contributed by atoms with Gasteiger partial charge in [-0.15, -0.1) is 0 Å². The normalized spacial score (nSPS) is 17.6. The highest BCUT2D eigenvalue weighted by atomic mass is 32.2. The number of hydrogen-bond acceptors (Lipinski definition) is 1. The van der Waals surface area contributed by atoms with Crippen LogP contribution in [0, 0.1) is 0 Å². The van der Waals surface area contributed by atoms with Crippen LogP contribution in [0.25, 0.3) is 10.8 Å². The monoisotopic (exact) mass is 288 g/mol. The molecule has 0 N–H and O–H groups in total. The van der Waals surface area contributed by atoms with Crippen LogP contribution in [0.2, 0.25) is 0 Å². The summed E-state index contributed by atoms with van der Waals surface area (Å²) in [5, 5.41) is 2.68. The summed E-state index contributed by atoms with van der Waals surface area (Å²) in [5.41, 5.74) is -0.150. The zero-order valence-corrected chi connectivity index (χ0v) is 13.5. The van der Waals surface area contributed by atoms with Crippen LogP contribution in [-0.4, -0.2) is 17.1 Å². The molecule has 1 saturated heterocycles. The fourth-order valence-electron chi connectivity index (χ4n) is 2.91. The molecule has 0 bridgehead atoms. The first kappa shape index (κ1) is 13.8. The lowest BCUT2D eigenvalue weighted by molar-refractivity contribution is 0.133. The molecule has 1 aliphatic rings. The van der Waals surface area contributed by atoms with Gasteiger partial charge in [0.15, 0.2) is 0 Å². The van der Waals surface area contributed by atoms with Crippen LogP contribution in [0.1, 0.15) is 33.6 Å². The number of benzene rings is 2. The third kappa shape index (κ3) is 2.80. The lowest BCUT2D eigenvalue weighted by Crippen LogP contribution is -2.23. The molecule has 1 heterocycles. The Kier molecular flexibility index (Phi) is 3.68. The third-order valence-electron chi connectivity index (χ3n) is 3.72. The first-order chi connectivity index (χ1) is 9.54. The van der Waals surface area contributed by atoms with Gasteiger partial charge >= 0.3 is 0 Å². The number of rotatable bonds is 2. The molecule has 0 amide bonds. The molecule has 0 aliphatic carbocycles. The summed E-state index contributed by atoms with van der Waals surface area (Å²) in [6, 6.07) is 13.2. The van der Waals surface area contributed by atoms with Gasteiger partial charge in [0, 0.05) is 5.39 Å². The highest BCUT2D eigenvalue weighted by Gasteiger charge is 2.19. The fraction of sp³-hybridized carbons (Fsp3) is 0.444. The predicted octanol–water partition coefficient (Wildman–Crippen LogP) is 5.17. The molecule has 0 aromatic heterocycles. The summed E-state index contributed by atoms with van der Waals surface area (Å²) in [4.78, 5) is 1.58. The summed E-state index contributed by atoms with van der Waals surface area (Å²) in [6.07, 6.45) is 2.81. The second kappa shape index (κ2) is 5.33. The van der Waals surface area contributed by atoms with Gasteiger partial charge in [0.05, 0.1) is 0 Å². The van der Waals surface area contributed by atoms with Crippen LogP contribution in [0.15, 0.2) is 41.3 Å². The van der Waals surface area contributed by atoms with Gasteiger partial charge in [-0.2, -0.15) is 0 Å². The number of hydrogen-bond donors (Lipinski definition) is 1. The zero-order chi connectivity index (χ0) is 14.2. The van der Waals surface area contributed by atoms with Crippen LogP contribution in [0.4, 0.5) is 0 Å². The Morgan fingerprint density at radius 1 is 0.900 bits per heavy atom. The maximum atomic E-state index is 6.14. The molecule has 1 fully saturated rings. The van der Waals surface area contributed by atoms with E-state index in [2.05, 4.69) is 57.2 Å². The van der Waals surface area contributed by atoms with Crippen molar-refractivity contribution in [3.05, 3.63) is 36.4 Å². The van der Waals surface area contributed by atoms with Gasteiger partial charge in [0.25, 0.3) is 0 Å². The third-order valence-corrected chi connectivity index (χ3v) is 6.51. The summed E-state index contributed by atoms with van der Waals surface area (Å²) in [5.74, 6) is 3.82. The Balaban J connectivity index is 2.09. The highest BCUT2D eigenvalue weighted by molar-refractivity contribution is 8.17. The first-order valence-corrected chi connectivity index (χ1v) is 9.21. The van der Waals surface area contributed by atoms with E-state index >= 15 is 0 Å². The smallest absolute Gasteiger partial charge is 0.127 e. The van der Waals surface area contributed by atoms with Crippen molar-refractivity contribution in [3.63, 3.8) is 0 Å². The molecule has 1 aliphatic heterocycles. The Morgan fingerprint density at radius 3 is 2.20 bits per heavy atom.